The highest BCUT2D eigenvalue weighted by Gasteiger charge is 2.19. The third-order valence-electron chi connectivity index (χ3n) is 3.27. The molecule has 0 aromatic carbocycles. The van der Waals surface area contributed by atoms with E-state index in [4.69, 9.17) is 0 Å². The van der Waals surface area contributed by atoms with Gasteiger partial charge in [-0.1, -0.05) is 39.5 Å². The summed E-state index contributed by atoms with van der Waals surface area (Å²) in [7, 11) is 0. The van der Waals surface area contributed by atoms with Crippen molar-refractivity contribution in [2.24, 2.45) is 11.8 Å². The molecule has 0 heterocycles. The maximum absolute atomic E-state index is 11.7. The standard InChI is InChI=1S/C13H24O/c1-11(2)7-6-9-12-8-4-3-5-10-13(12)14/h11-12H,3-10H2,1-2H3. The summed E-state index contributed by atoms with van der Waals surface area (Å²) in [6, 6.07) is 0. The van der Waals surface area contributed by atoms with E-state index in [-0.39, 0.29) is 0 Å². The third kappa shape index (κ3) is 4.26. The molecule has 0 aromatic heterocycles. The van der Waals surface area contributed by atoms with Crippen molar-refractivity contribution in [2.45, 2.75) is 65.2 Å². The Labute approximate surface area is 88.3 Å². The van der Waals surface area contributed by atoms with Crippen molar-refractivity contribution < 1.29 is 4.79 Å². The molecule has 14 heavy (non-hydrogen) atoms. The van der Waals surface area contributed by atoms with Gasteiger partial charge in [0.25, 0.3) is 0 Å². The molecule has 1 aliphatic carbocycles. The second kappa shape index (κ2) is 6.21. The molecule has 1 fully saturated rings. The predicted molar refractivity (Wildman–Crippen MR) is 60.3 cm³/mol. The molecule has 0 aliphatic heterocycles. The zero-order valence-electron chi connectivity index (χ0n) is 9.72. The number of carbonyl (C=O) groups is 1. The van der Waals surface area contributed by atoms with E-state index in [2.05, 4.69) is 13.8 Å². The van der Waals surface area contributed by atoms with Gasteiger partial charge in [-0.3, -0.25) is 4.79 Å². The highest BCUT2D eigenvalue weighted by molar-refractivity contribution is 5.81. The lowest BCUT2D eigenvalue weighted by Gasteiger charge is -2.13. The largest absolute Gasteiger partial charge is 0.299 e. The van der Waals surface area contributed by atoms with Crippen molar-refractivity contribution >= 4 is 5.78 Å². The van der Waals surface area contributed by atoms with Crippen LogP contribution in [0.3, 0.4) is 0 Å². The van der Waals surface area contributed by atoms with Gasteiger partial charge < -0.3 is 0 Å². The molecule has 0 N–H and O–H groups in total. The molecule has 0 bridgehead atoms. The summed E-state index contributed by atoms with van der Waals surface area (Å²) in [5, 5.41) is 0. The van der Waals surface area contributed by atoms with Gasteiger partial charge in [-0.15, -0.1) is 0 Å². The Bertz CT molecular complexity index is 172. The van der Waals surface area contributed by atoms with Crippen LogP contribution in [0, 0.1) is 11.8 Å². The van der Waals surface area contributed by atoms with E-state index < -0.39 is 0 Å². The van der Waals surface area contributed by atoms with Gasteiger partial charge in [-0.25, -0.2) is 0 Å². The SMILES string of the molecule is CC(C)CCCC1CCCCCC1=O. The van der Waals surface area contributed by atoms with Crippen LogP contribution >= 0.6 is 0 Å². The molecule has 0 amide bonds. The Morgan fingerprint density at radius 3 is 2.79 bits per heavy atom. The molecule has 1 saturated carbocycles. The average Bonchev–Trinajstić information content (AvgIpc) is 2.31. The molecular weight excluding hydrogens is 172 g/mol. The highest BCUT2D eigenvalue weighted by Crippen LogP contribution is 2.24. The first-order valence-electron chi connectivity index (χ1n) is 6.23. The van der Waals surface area contributed by atoms with E-state index in [0.29, 0.717) is 11.7 Å². The number of hydrogen-bond acceptors (Lipinski definition) is 1. The highest BCUT2D eigenvalue weighted by atomic mass is 16.1. The quantitative estimate of drug-likeness (QED) is 0.622. The van der Waals surface area contributed by atoms with Gasteiger partial charge >= 0.3 is 0 Å². The second-order valence-corrected chi connectivity index (χ2v) is 5.09. The average molecular weight is 196 g/mol. The Hall–Kier alpha value is -0.330. The van der Waals surface area contributed by atoms with Crippen LogP contribution in [0.1, 0.15) is 65.2 Å². The van der Waals surface area contributed by atoms with Crippen LogP contribution in [-0.4, -0.2) is 5.78 Å². The number of carbonyl (C=O) groups excluding carboxylic acids is 1. The molecule has 1 unspecified atom stereocenters. The van der Waals surface area contributed by atoms with Crippen LogP contribution in [0.2, 0.25) is 0 Å². The number of hydrogen-bond donors (Lipinski definition) is 0. The van der Waals surface area contributed by atoms with Crippen molar-refractivity contribution in [1.29, 1.82) is 0 Å². The first-order valence-corrected chi connectivity index (χ1v) is 6.23. The maximum atomic E-state index is 11.7. The smallest absolute Gasteiger partial charge is 0.135 e. The van der Waals surface area contributed by atoms with E-state index in [9.17, 15) is 4.79 Å². The summed E-state index contributed by atoms with van der Waals surface area (Å²) >= 11 is 0. The molecule has 1 atom stereocenters. The topological polar surface area (TPSA) is 17.1 Å². The van der Waals surface area contributed by atoms with Crippen LogP contribution in [0.15, 0.2) is 0 Å². The van der Waals surface area contributed by atoms with E-state index in [1.165, 1.54) is 25.7 Å². The second-order valence-electron chi connectivity index (χ2n) is 5.09. The van der Waals surface area contributed by atoms with E-state index in [1.54, 1.807) is 0 Å². The van der Waals surface area contributed by atoms with Crippen LogP contribution in [0.5, 0.6) is 0 Å². The summed E-state index contributed by atoms with van der Waals surface area (Å²) < 4.78 is 0. The zero-order valence-corrected chi connectivity index (χ0v) is 9.72. The van der Waals surface area contributed by atoms with Crippen LogP contribution in [0.4, 0.5) is 0 Å². The van der Waals surface area contributed by atoms with Gasteiger partial charge in [-0.2, -0.15) is 0 Å². The first-order chi connectivity index (χ1) is 6.70. The summed E-state index contributed by atoms with van der Waals surface area (Å²) in [4.78, 5) is 11.7. The lowest BCUT2D eigenvalue weighted by atomic mass is 9.91. The van der Waals surface area contributed by atoms with Gasteiger partial charge in [0.1, 0.15) is 5.78 Å². The van der Waals surface area contributed by atoms with Crippen molar-refractivity contribution in [1.82, 2.24) is 0 Å². The van der Waals surface area contributed by atoms with Gasteiger partial charge in [0.05, 0.1) is 0 Å². The molecule has 0 radical (unpaired) electrons. The fourth-order valence-corrected chi connectivity index (χ4v) is 2.31. The van der Waals surface area contributed by atoms with Crippen molar-refractivity contribution in [2.75, 3.05) is 0 Å². The fourth-order valence-electron chi connectivity index (χ4n) is 2.31. The summed E-state index contributed by atoms with van der Waals surface area (Å²) in [5.74, 6) is 1.75. The normalized spacial score (nSPS) is 23.9. The zero-order chi connectivity index (χ0) is 10.4. The van der Waals surface area contributed by atoms with Gasteiger partial charge in [0.2, 0.25) is 0 Å². The molecule has 1 rings (SSSR count). The van der Waals surface area contributed by atoms with Crippen molar-refractivity contribution in [3.05, 3.63) is 0 Å². The summed E-state index contributed by atoms with van der Waals surface area (Å²) in [5.41, 5.74) is 0. The Kier molecular flexibility index (Phi) is 5.21. The van der Waals surface area contributed by atoms with Crippen LogP contribution in [0.25, 0.3) is 0 Å². The summed E-state index contributed by atoms with van der Waals surface area (Å²) in [6.45, 7) is 4.52. The van der Waals surface area contributed by atoms with Gasteiger partial charge in [-0.05, 0) is 25.2 Å². The maximum Gasteiger partial charge on any atom is 0.135 e. The lowest BCUT2D eigenvalue weighted by Crippen LogP contribution is -2.12. The molecule has 1 aliphatic rings. The Balaban J connectivity index is 2.23. The van der Waals surface area contributed by atoms with Crippen LogP contribution < -0.4 is 0 Å². The molecule has 82 valence electrons. The third-order valence-corrected chi connectivity index (χ3v) is 3.27. The number of ketones is 1. The van der Waals surface area contributed by atoms with E-state index in [0.717, 1.165) is 31.6 Å². The number of rotatable bonds is 4. The lowest BCUT2D eigenvalue weighted by molar-refractivity contribution is -0.122. The predicted octanol–water partition coefficient (Wildman–Crippen LogP) is 3.96. The minimum atomic E-state index is 0.413. The minimum Gasteiger partial charge on any atom is -0.299 e. The van der Waals surface area contributed by atoms with Crippen molar-refractivity contribution in [3.63, 3.8) is 0 Å². The molecule has 0 aromatic rings. The minimum absolute atomic E-state index is 0.413. The Morgan fingerprint density at radius 1 is 1.29 bits per heavy atom. The first kappa shape index (κ1) is 11.7. The molecule has 1 nitrogen and oxygen atoms in total. The van der Waals surface area contributed by atoms with Gasteiger partial charge in [0, 0.05) is 12.3 Å². The van der Waals surface area contributed by atoms with E-state index >= 15 is 0 Å². The van der Waals surface area contributed by atoms with E-state index in [1.807, 2.05) is 0 Å². The fraction of sp³-hybridized carbons (Fsp3) is 0.923. The monoisotopic (exact) mass is 196 g/mol. The molecular formula is C13H24O. The molecule has 0 spiro atoms. The summed E-state index contributed by atoms with van der Waals surface area (Å²) in [6.07, 6.45) is 9.38. The van der Waals surface area contributed by atoms with Crippen molar-refractivity contribution in [3.8, 4) is 0 Å². The number of Topliss-reactive ketones (excluding diaryl/α,β-unsaturated/α-hetero) is 1. The Morgan fingerprint density at radius 2 is 2.07 bits per heavy atom. The van der Waals surface area contributed by atoms with Gasteiger partial charge in [0.15, 0.2) is 0 Å². The molecule has 1 heteroatoms. The molecule has 0 saturated heterocycles. The van der Waals surface area contributed by atoms with Crippen LogP contribution in [-0.2, 0) is 4.79 Å².